The number of nitrogens with two attached hydrogens (primary N) is 2. The fraction of sp³-hybridized carbons (Fsp3) is 0.375. The average molecular weight is 818 g/mol. The first-order valence-corrected chi connectivity index (χ1v) is 19.1. The fourth-order valence-corrected chi connectivity index (χ4v) is 8.15. The van der Waals surface area contributed by atoms with Gasteiger partial charge in [-0.25, -0.2) is 22.9 Å². The van der Waals surface area contributed by atoms with E-state index in [1.54, 1.807) is 61.5 Å². The molecule has 3 aliphatic rings. The lowest BCUT2D eigenvalue weighted by molar-refractivity contribution is -0.199. The number of likely N-dealkylation sites (tertiary alicyclic amines) is 1. The van der Waals surface area contributed by atoms with Crippen LogP contribution < -0.4 is 48.1 Å². The lowest BCUT2D eigenvalue weighted by Crippen LogP contribution is -2.69. The number of ether oxygens (including phenoxy) is 1. The highest BCUT2D eigenvalue weighted by Crippen LogP contribution is 2.51. The van der Waals surface area contributed by atoms with E-state index < -0.39 is 53.2 Å². The third-order valence-corrected chi connectivity index (χ3v) is 11.1. The first-order valence-electron chi connectivity index (χ1n) is 19.1. The number of piperidine rings is 2. The number of allylic oxidation sites excluding steroid dienone is 1. The number of anilines is 3. The van der Waals surface area contributed by atoms with E-state index in [1.807, 2.05) is 4.90 Å². The van der Waals surface area contributed by atoms with Crippen molar-refractivity contribution in [2.24, 2.45) is 23.9 Å². The summed E-state index contributed by atoms with van der Waals surface area (Å²) in [5.74, 6) is -4.88. The molecule has 16 nitrogen and oxygen atoms in total. The number of aryl methyl sites for hydroxylation is 1. The Morgan fingerprint density at radius 1 is 1.07 bits per heavy atom. The van der Waals surface area contributed by atoms with Crippen LogP contribution >= 0.6 is 0 Å². The summed E-state index contributed by atoms with van der Waals surface area (Å²) in [6, 6.07) is 11.9. The molecule has 3 saturated heterocycles. The summed E-state index contributed by atoms with van der Waals surface area (Å²) in [7, 11) is 2.86. The molecule has 3 amide bonds. The lowest BCUT2D eigenvalue weighted by Gasteiger charge is -2.57. The quantitative estimate of drug-likeness (QED) is 0.0694. The number of pyridine rings is 1. The standard InChI is InChI=1S/C40H46F3N11O5/c1-4-46-37(57)33(45)26(48-25-8-5-7-24(41)35(25)59-3)17-30(44)49-31-13-11-23(18-47-31)19-52-20-39(21-52)15-16-53(22-40(39,42)43)27-9-6-10-28-34(27)51(2)38(58)54(28)29-12-14-32(55)50-36(29)56/h5-11,13,17-18,29,48H,4,12,14-16,19-22,44-45H2,1-3H3,(H,46,57)(H,47,49)(H,50,55,56)/b30-17+,33-26+. The summed E-state index contributed by atoms with van der Waals surface area (Å²) in [6.45, 7) is 2.62. The van der Waals surface area contributed by atoms with Crippen molar-refractivity contribution in [3.8, 4) is 5.75 Å². The Balaban J connectivity index is 0.994. The Kier molecular flexibility index (Phi) is 11.1. The number of rotatable bonds is 12. The van der Waals surface area contributed by atoms with Gasteiger partial charge >= 0.3 is 5.69 Å². The van der Waals surface area contributed by atoms with E-state index in [0.29, 0.717) is 42.2 Å². The van der Waals surface area contributed by atoms with Gasteiger partial charge in [-0.05, 0) is 55.7 Å². The number of carbonyl (C=O) groups is 3. The van der Waals surface area contributed by atoms with E-state index in [9.17, 15) is 23.6 Å². The van der Waals surface area contributed by atoms with Crippen LogP contribution in [0, 0.1) is 11.2 Å². The van der Waals surface area contributed by atoms with Gasteiger partial charge in [-0.15, -0.1) is 0 Å². The number of carbonyl (C=O) groups excluding carboxylic acids is 3. The van der Waals surface area contributed by atoms with Gasteiger partial charge < -0.3 is 37.1 Å². The van der Waals surface area contributed by atoms with Crippen molar-refractivity contribution in [2.45, 2.75) is 44.7 Å². The van der Waals surface area contributed by atoms with Gasteiger partial charge in [0, 0.05) is 58.5 Å². The molecule has 0 radical (unpaired) electrons. The molecule has 2 aromatic heterocycles. The number of benzene rings is 2. The molecule has 3 fully saturated rings. The number of halogens is 3. The minimum absolute atomic E-state index is 0.0546. The van der Waals surface area contributed by atoms with Gasteiger partial charge in [0.05, 0.1) is 47.2 Å². The van der Waals surface area contributed by atoms with Crippen molar-refractivity contribution in [3.05, 3.63) is 99.9 Å². The molecule has 1 atom stereocenters. The molecule has 5 heterocycles. The van der Waals surface area contributed by atoms with Crippen LogP contribution in [-0.4, -0.2) is 82.5 Å². The van der Waals surface area contributed by atoms with E-state index in [0.717, 1.165) is 5.56 Å². The topological polar surface area (TPSA) is 207 Å². The fourth-order valence-electron chi connectivity index (χ4n) is 8.15. The van der Waals surface area contributed by atoms with Gasteiger partial charge in [0.2, 0.25) is 11.8 Å². The van der Waals surface area contributed by atoms with Crippen LogP contribution in [0.4, 0.5) is 30.4 Å². The number of aromatic nitrogens is 3. The summed E-state index contributed by atoms with van der Waals surface area (Å²) >= 11 is 0. The van der Waals surface area contributed by atoms with Crippen molar-refractivity contribution in [1.82, 2.24) is 29.7 Å². The molecular weight excluding hydrogens is 772 g/mol. The van der Waals surface area contributed by atoms with Crippen molar-refractivity contribution in [2.75, 3.05) is 55.4 Å². The maximum Gasteiger partial charge on any atom is 0.329 e. The lowest BCUT2D eigenvalue weighted by atomic mass is 9.69. The number of alkyl halides is 2. The monoisotopic (exact) mass is 817 g/mol. The van der Waals surface area contributed by atoms with Gasteiger partial charge in [0.15, 0.2) is 11.6 Å². The van der Waals surface area contributed by atoms with Gasteiger partial charge in [-0.3, -0.25) is 33.7 Å². The number of likely N-dealkylation sites (N-methyl/N-ethyl adjacent to an activating group) is 1. The smallest absolute Gasteiger partial charge is 0.329 e. The molecule has 19 heteroatoms. The molecule has 312 valence electrons. The zero-order valence-electron chi connectivity index (χ0n) is 32.8. The van der Waals surface area contributed by atoms with E-state index in [4.69, 9.17) is 16.2 Å². The second-order valence-electron chi connectivity index (χ2n) is 15.0. The number of nitrogens with one attached hydrogen (secondary N) is 4. The Bertz CT molecular complexity index is 2420. The molecule has 1 unspecified atom stereocenters. The first-order chi connectivity index (χ1) is 28.1. The van der Waals surface area contributed by atoms with Gasteiger partial charge in [-0.1, -0.05) is 18.2 Å². The van der Waals surface area contributed by atoms with Crippen LogP contribution in [0.3, 0.4) is 0 Å². The summed E-state index contributed by atoms with van der Waals surface area (Å²) in [5, 5.41) is 10.8. The number of nitrogens with zero attached hydrogens (tertiary/aromatic N) is 5. The van der Waals surface area contributed by atoms with Crippen LogP contribution in [0.15, 0.2) is 82.8 Å². The minimum atomic E-state index is -3.05. The van der Waals surface area contributed by atoms with Crippen molar-refractivity contribution in [3.63, 3.8) is 0 Å². The third-order valence-electron chi connectivity index (χ3n) is 11.1. The molecule has 8 N–H and O–H groups in total. The maximum absolute atomic E-state index is 16.2. The SMILES string of the molecule is CCNC(=O)/C(N)=C(/C=C(\N)Nc1ccc(CN2CC3(CCN(c4cccc5c4n(C)c(=O)n5C4CCC(=O)NC4=O)CC3(F)F)C2)cn1)Nc1cccc(F)c1OC. The van der Waals surface area contributed by atoms with Crippen LogP contribution in [0.2, 0.25) is 0 Å². The second kappa shape index (κ2) is 16.0. The molecule has 7 rings (SSSR count). The number of methoxy groups -OCH3 is 1. The number of imidazole rings is 1. The van der Waals surface area contributed by atoms with E-state index in [-0.39, 0.29) is 61.0 Å². The van der Waals surface area contributed by atoms with Crippen molar-refractivity contribution >= 4 is 45.9 Å². The molecule has 0 aliphatic carbocycles. The Labute approximate surface area is 337 Å². The number of hydrogen-bond donors (Lipinski definition) is 6. The summed E-state index contributed by atoms with van der Waals surface area (Å²) in [5.41, 5.74) is 13.0. The van der Waals surface area contributed by atoms with E-state index in [2.05, 4.69) is 26.3 Å². The predicted molar refractivity (Wildman–Crippen MR) is 215 cm³/mol. The molecule has 0 bridgehead atoms. The highest BCUT2D eigenvalue weighted by molar-refractivity contribution is 6.00. The molecule has 0 saturated carbocycles. The van der Waals surface area contributed by atoms with Gasteiger partial charge in [-0.2, -0.15) is 0 Å². The molecule has 4 aromatic rings. The molecular formula is C40H46F3N11O5. The number of fused-ring (bicyclic) bond motifs is 1. The van der Waals surface area contributed by atoms with Gasteiger partial charge in [0.1, 0.15) is 23.4 Å². The van der Waals surface area contributed by atoms with Crippen LogP contribution in [0.5, 0.6) is 5.75 Å². The predicted octanol–water partition coefficient (Wildman–Crippen LogP) is 2.84. The van der Waals surface area contributed by atoms with Crippen LogP contribution in [0.25, 0.3) is 11.0 Å². The third kappa shape index (κ3) is 7.76. The highest BCUT2D eigenvalue weighted by Gasteiger charge is 2.62. The maximum atomic E-state index is 16.2. The zero-order chi connectivity index (χ0) is 42.2. The largest absolute Gasteiger partial charge is 0.492 e. The van der Waals surface area contributed by atoms with Crippen LogP contribution in [0.1, 0.15) is 37.8 Å². The Morgan fingerprint density at radius 2 is 1.83 bits per heavy atom. The number of hydrogen-bond acceptors (Lipinski definition) is 12. The number of amides is 3. The van der Waals surface area contributed by atoms with Crippen molar-refractivity contribution in [1.29, 1.82) is 0 Å². The molecule has 3 aliphatic heterocycles. The zero-order valence-corrected chi connectivity index (χ0v) is 32.8. The van der Waals surface area contributed by atoms with Crippen molar-refractivity contribution < 1.29 is 32.3 Å². The van der Waals surface area contributed by atoms with Crippen LogP contribution in [-0.2, 0) is 28.0 Å². The summed E-state index contributed by atoms with van der Waals surface area (Å²) in [4.78, 5) is 58.4. The first kappa shape index (κ1) is 40.7. The van der Waals surface area contributed by atoms with E-state index >= 15 is 8.78 Å². The molecule has 1 spiro atoms. The molecule has 59 heavy (non-hydrogen) atoms. The van der Waals surface area contributed by atoms with Gasteiger partial charge in [0.25, 0.3) is 11.8 Å². The second-order valence-corrected chi connectivity index (χ2v) is 15.0. The minimum Gasteiger partial charge on any atom is -0.492 e. The normalized spacial score (nSPS) is 19.5. The summed E-state index contributed by atoms with van der Waals surface area (Å²) < 4.78 is 54.6. The molecule has 2 aromatic carbocycles. The highest BCUT2D eigenvalue weighted by atomic mass is 19.3. The van der Waals surface area contributed by atoms with E-state index in [1.165, 1.54) is 34.5 Å². The number of imide groups is 1. The summed E-state index contributed by atoms with van der Waals surface area (Å²) in [6.07, 6.45) is 3.47. The number of para-hydroxylation sites is 2. The average Bonchev–Trinajstić information content (AvgIpc) is 3.43. The Hall–Kier alpha value is -6.50. The Morgan fingerprint density at radius 3 is 2.51 bits per heavy atom.